The molecule has 2 rings (SSSR count). The molecule has 2 aliphatic heterocycles. The van der Waals surface area contributed by atoms with Crippen molar-refractivity contribution in [1.29, 1.82) is 0 Å². The molecule has 86 valence electrons. The van der Waals surface area contributed by atoms with Crippen LogP contribution in [-0.2, 0) is 4.74 Å². The van der Waals surface area contributed by atoms with Gasteiger partial charge in [-0.1, -0.05) is 25.6 Å². The number of thioether (sulfide) groups is 1. The molecule has 15 heavy (non-hydrogen) atoms. The maximum atomic E-state index is 5.34. The summed E-state index contributed by atoms with van der Waals surface area (Å²) in [4.78, 5) is 4.71. The molecule has 0 bridgehead atoms. The highest BCUT2D eigenvalue weighted by atomic mass is 32.2. The number of amidine groups is 1. The first-order valence-electron chi connectivity index (χ1n) is 5.80. The second-order valence-corrected chi connectivity index (χ2v) is 5.60. The van der Waals surface area contributed by atoms with E-state index in [-0.39, 0.29) is 0 Å². The van der Waals surface area contributed by atoms with Gasteiger partial charge in [-0.3, -0.25) is 4.99 Å². The van der Waals surface area contributed by atoms with E-state index in [9.17, 15) is 0 Å². The lowest BCUT2D eigenvalue weighted by Gasteiger charge is -2.23. The number of ether oxygens (including phenoxy) is 1. The number of hydrogen-bond acceptors (Lipinski definition) is 4. The van der Waals surface area contributed by atoms with E-state index < -0.39 is 0 Å². The van der Waals surface area contributed by atoms with Crippen LogP contribution < -0.4 is 5.32 Å². The summed E-state index contributed by atoms with van der Waals surface area (Å²) in [6.45, 7) is 6.27. The van der Waals surface area contributed by atoms with E-state index in [1.54, 1.807) is 0 Å². The van der Waals surface area contributed by atoms with Crippen molar-refractivity contribution in [3.05, 3.63) is 0 Å². The molecule has 2 aliphatic rings. The Morgan fingerprint density at radius 1 is 1.40 bits per heavy atom. The normalized spacial score (nSPS) is 28.2. The monoisotopic (exact) mass is 228 g/mol. The average Bonchev–Trinajstić information content (AvgIpc) is 2.68. The van der Waals surface area contributed by atoms with E-state index in [4.69, 9.17) is 9.73 Å². The molecule has 0 aromatic rings. The molecule has 0 aliphatic carbocycles. The van der Waals surface area contributed by atoms with Gasteiger partial charge < -0.3 is 10.1 Å². The van der Waals surface area contributed by atoms with Gasteiger partial charge >= 0.3 is 0 Å². The Morgan fingerprint density at radius 2 is 2.13 bits per heavy atom. The molecular formula is C11H20N2OS. The van der Waals surface area contributed by atoms with Crippen LogP contribution in [0, 0.1) is 5.92 Å². The third-order valence-electron chi connectivity index (χ3n) is 2.99. The predicted molar refractivity (Wildman–Crippen MR) is 65.5 cm³/mol. The zero-order valence-electron chi connectivity index (χ0n) is 9.53. The molecule has 0 aromatic heterocycles. The minimum absolute atomic E-state index is 0.511. The quantitative estimate of drug-likeness (QED) is 0.783. The van der Waals surface area contributed by atoms with Crippen molar-refractivity contribution < 1.29 is 4.74 Å². The van der Waals surface area contributed by atoms with Gasteiger partial charge in [0.05, 0.1) is 6.04 Å². The maximum Gasteiger partial charge on any atom is 0.157 e. The lowest BCUT2D eigenvalue weighted by Crippen LogP contribution is -2.37. The van der Waals surface area contributed by atoms with Crippen LogP contribution in [-0.4, -0.2) is 36.2 Å². The summed E-state index contributed by atoms with van der Waals surface area (Å²) < 4.78 is 5.34. The van der Waals surface area contributed by atoms with E-state index in [0.29, 0.717) is 18.0 Å². The van der Waals surface area contributed by atoms with Crippen LogP contribution in [0.5, 0.6) is 0 Å². The van der Waals surface area contributed by atoms with Crippen LogP contribution in [0.2, 0.25) is 0 Å². The summed E-state index contributed by atoms with van der Waals surface area (Å²) in [6.07, 6.45) is 2.23. The third-order valence-corrected chi connectivity index (χ3v) is 4.00. The summed E-state index contributed by atoms with van der Waals surface area (Å²) in [6, 6.07) is 1.09. The van der Waals surface area contributed by atoms with Gasteiger partial charge in [0.25, 0.3) is 0 Å². The number of rotatable bonds is 2. The topological polar surface area (TPSA) is 33.6 Å². The third kappa shape index (κ3) is 3.11. The van der Waals surface area contributed by atoms with Gasteiger partial charge in [0.2, 0.25) is 0 Å². The smallest absolute Gasteiger partial charge is 0.157 e. The summed E-state index contributed by atoms with van der Waals surface area (Å²) in [7, 11) is 0. The highest BCUT2D eigenvalue weighted by Crippen LogP contribution is 2.23. The molecule has 0 amide bonds. The fourth-order valence-electron chi connectivity index (χ4n) is 1.83. The van der Waals surface area contributed by atoms with Gasteiger partial charge in [-0.05, 0) is 18.8 Å². The molecule has 0 radical (unpaired) electrons. The number of nitrogens with one attached hydrogen (secondary N) is 1. The minimum Gasteiger partial charge on any atom is -0.381 e. The Bertz CT molecular complexity index is 237. The van der Waals surface area contributed by atoms with Crippen LogP contribution in [0.3, 0.4) is 0 Å². The first-order valence-corrected chi connectivity index (χ1v) is 6.79. The van der Waals surface area contributed by atoms with Gasteiger partial charge in [-0.25, -0.2) is 0 Å². The second-order valence-electron chi connectivity index (χ2n) is 4.59. The Morgan fingerprint density at radius 3 is 2.73 bits per heavy atom. The lowest BCUT2D eigenvalue weighted by atomic mass is 10.1. The van der Waals surface area contributed by atoms with E-state index in [2.05, 4.69) is 19.2 Å². The van der Waals surface area contributed by atoms with Crippen molar-refractivity contribution in [1.82, 2.24) is 5.32 Å². The SMILES string of the molecule is CC(C)C1CSC(NC2CCOCC2)=N1. The molecule has 1 N–H and O–H groups in total. The molecule has 1 saturated heterocycles. The summed E-state index contributed by atoms with van der Waals surface area (Å²) in [5, 5.41) is 4.69. The first-order chi connectivity index (χ1) is 7.25. The Balaban J connectivity index is 1.81. The van der Waals surface area contributed by atoms with Gasteiger partial charge in [0.15, 0.2) is 5.17 Å². The zero-order chi connectivity index (χ0) is 10.7. The molecule has 2 heterocycles. The Labute approximate surface area is 96.1 Å². The fraction of sp³-hybridized carbons (Fsp3) is 0.909. The van der Waals surface area contributed by atoms with Crippen LogP contribution >= 0.6 is 11.8 Å². The van der Waals surface area contributed by atoms with Crippen LogP contribution in [0.15, 0.2) is 4.99 Å². The summed E-state index contributed by atoms with van der Waals surface area (Å²) in [5.41, 5.74) is 0. The van der Waals surface area contributed by atoms with Gasteiger partial charge in [0.1, 0.15) is 0 Å². The Hall–Kier alpha value is -0.220. The van der Waals surface area contributed by atoms with Crippen molar-refractivity contribution in [2.45, 2.75) is 38.8 Å². The highest BCUT2D eigenvalue weighted by Gasteiger charge is 2.23. The molecule has 1 atom stereocenters. The maximum absolute atomic E-state index is 5.34. The molecular weight excluding hydrogens is 208 g/mol. The van der Waals surface area contributed by atoms with E-state index >= 15 is 0 Å². The Kier molecular flexibility index (Phi) is 3.92. The first kappa shape index (κ1) is 11.3. The zero-order valence-corrected chi connectivity index (χ0v) is 10.3. The van der Waals surface area contributed by atoms with Gasteiger partial charge in [0, 0.05) is 25.0 Å². The highest BCUT2D eigenvalue weighted by molar-refractivity contribution is 8.14. The summed E-state index contributed by atoms with van der Waals surface area (Å²) >= 11 is 1.87. The predicted octanol–water partition coefficient (Wildman–Crippen LogP) is 1.88. The van der Waals surface area contributed by atoms with Crippen molar-refractivity contribution >= 4 is 16.9 Å². The molecule has 1 unspecified atom stereocenters. The molecule has 0 spiro atoms. The lowest BCUT2D eigenvalue weighted by molar-refractivity contribution is 0.0826. The van der Waals surface area contributed by atoms with Crippen molar-refractivity contribution in [2.24, 2.45) is 10.9 Å². The van der Waals surface area contributed by atoms with E-state index in [1.807, 2.05) is 11.8 Å². The summed E-state index contributed by atoms with van der Waals surface area (Å²) in [5.74, 6) is 1.80. The number of hydrogen-bond donors (Lipinski definition) is 1. The van der Waals surface area contributed by atoms with E-state index in [0.717, 1.165) is 37.0 Å². The van der Waals surface area contributed by atoms with Gasteiger partial charge in [-0.2, -0.15) is 0 Å². The fourth-order valence-corrected chi connectivity index (χ4v) is 3.07. The van der Waals surface area contributed by atoms with Crippen LogP contribution in [0.1, 0.15) is 26.7 Å². The van der Waals surface area contributed by atoms with Crippen molar-refractivity contribution in [2.75, 3.05) is 19.0 Å². The minimum atomic E-state index is 0.511. The van der Waals surface area contributed by atoms with Gasteiger partial charge in [-0.15, -0.1) is 0 Å². The molecule has 1 fully saturated rings. The van der Waals surface area contributed by atoms with Crippen LogP contribution in [0.4, 0.5) is 0 Å². The largest absolute Gasteiger partial charge is 0.381 e. The standard InChI is InChI=1S/C11H20N2OS/c1-8(2)10-7-15-11(13-10)12-9-3-5-14-6-4-9/h8-10H,3-7H2,1-2H3,(H,12,13). The molecule has 4 heteroatoms. The second kappa shape index (κ2) is 5.21. The number of aliphatic imine (C=N–C) groups is 1. The van der Waals surface area contributed by atoms with Crippen molar-refractivity contribution in [3.63, 3.8) is 0 Å². The van der Waals surface area contributed by atoms with Crippen molar-refractivity contribution in [3.8, 4) is 0 Å². The molecule has 0 saturated carbocycles. The molecule has 3 nitrogen and oxygen atoms in total. The van der Waals surface area contributed by atoms with Crippen LogP contribution in [0.25, 0.3) is 0 Å². The number of nitrogens with zero attached hydrogens (tertiary/aromatic N) is 1. The molecule has 0 aromatic carbocycles. The van der Waals surface area contributed by atoms with E-state index in [1.165, 1.54) is 0 Å². The average molecular weight is 228 g/mol.